The summed E-state index contributed by atoms with van der Waals surface area (Å²) < 4.78 is 27.7. The van der Waals surface area contributed by atoms with Gasteiger partial charge in [0.2, 0.25) is 0 Å². The highest BCUT2D eigenvalue weighted by atomic mass is 19.1. The molecule has 7 nitrogen and oxygen atoms in total. The molecule has 1 aliphatic carbocycles. The van der Waals surface area contributed by atoms with Gasteiger partial charge in [-0.3, -0.25) is 19.9 Å². The molecule has 0 radical (unpaired) electrons. The van der Waals surface area contributed by atoms with E-state index in [0.29, 0.717) is 25.3 Å². The number of imide groups is 1. The lowest BCUT2D eigenvalue weighted by molar-refractivity contribution is -0.140. The van der Waals surface area contributed by atoms with E-state index in [-0.39, 0.29) is 18.7 Å². The Bertz CT molecular complexity index is 789. The van der Waals surface area contributed by atoms with E-state index >= 15 is 0 Å². The van der Waals surface area contributed by atoms with Gasteiger partial charge in [-0.05, 0) is 50.3 Å². The Morgan fingerprint density at radius 1 is 1.28 bits per heavy atom. The lowest BCUT2D eigenvalue weighted by atomic mass is 9.77. The van der Waals surface area contributed by atoms with E-state index in [1.54, 1.807) is 6.92 Å². The molecule has 4 amide bonds. The van der Waals surface area contributed by atoms with E-state index in [2.05, 4.69) is 17.7 Å². The van der Waals surface area contributed by atoms with Gasteiger partial charge in [-0.15, -0.1) is 0 Å². The number of nitrogens with zero attached hydrogens (tertiary/aromatic N) is 2. The van der Waals surface area contributed by atoms with Crippen molar-refractivity contribution in [3.05, 3.63) is 35.4 Å². The van der Waals surface area contributed by atoms with Crippen molar-refractivity contribution in [1.29, 1.82) is 0 Å². The fourth-order valence-corrected chi connectivity index (χ4v) is 3.87. The first-order valence-electron chi connectivity index (χ1n) is 9.87. The first kappa shape index (κ1) is 21.2. The molecule has 29 heavy (non-hydrogen) atoms. The minimum absolute atomic E-state index is 0.107. The number of benzene rings is 1. The van der Waals surface area contributed by atoms with Gasteiger partial charge in [-0.2, -0.15) is 5.01 Å². The standard InChI is InChI=1S/C20H26F2N4O3/c1-3-25(11-14-15(21)5-4-6-16(14)22)12-17(27)24-26-18(28)20(23-19(26)29)9-7-13(2)8-10-20/h4-6,13H,3,7-12H2,1-2H3,(H,23,29)(H,24,27). The summed E-state index contributed by atoms with van der Waals surface area (Å²) in [5, 5.41) is 3.46. The summed E-state index contributed by atoms with van der Waals surface area (Å²) in [7, 11) is 0. The topological polar surface area (TPSA) is 81.8 Å². The number of hydrogen-bond donors (Lipinski definition) is 2. The van der Waals surface area contributed by atoms with E-state index in [4.69, 9.17) is 0 Å². The highest BCUT2D eigenvalue weighted by Crippen LogP contribution is 2.35. The predicted octanol–water partition coefficient (Wildman–Crippen LogP) is 2.32. The highest BCUT2D eigenvalue weighted by Gasteiger charge is 2.52. The van der Waals surface area contributed by atoms with Gasteiger partial charge in [0.25, 0.3) is 11.8 Å². The van der Waals surface area contributed by atoms with Crippen LogP contribution in [-0.4, -0.2) is 46.4 Å². The van der Waals surface area contributed by atoms with Crippen LogP contribution in [0.5, 0.6) is 0 Å². The summed E-state index contributed by atoms with van der Waals surface area (Å²) in [5.74, 6) is -1.94. The van der Waals surface area contributed by atoms with Gasteiger partial charge in [0.1, 0.15) is 17.2 Å². The number of carbonyl (C=O) groups is 3. The summed E-state index contributed by atoms with van der Waals surface area (Å²) >= 11 is 0. The predicted molar refractivity (Wildman–Crippen MR) is 101 cm³/mol. The molecule has 158 valence electrons. The molecule has 1 spiro atoms. The molecule has 1 heterocycles. The van der Waals surface area contributed by atoms with E-state index in [1.807, 2.05) is 0 Å². The van der Waals surface area contributed by atoms with Crippen molar-refractivity contribution in [3.8, 4) is 0 Å². The van der Waals surface area contributed by atoms with Crippen LogP contribution in [-0.2, 0) is 16.1 Å². The van der Waals surface area contributed by atoms with E-state index in [1.165, 1.54) is 11.0 Å². The molecule has 2 aliphatic rings. The van der Waals surface area contributed by atoms with Crippen molar-refractivity contribution in [2.24, 2.45) is 5.92 Å². The minimum atomic E-state index is -0.947. The zero-order valence-electron chi connectivity index (χ0n) is 16.6. The van der Waals surface area contributed by atoms with Gasteiger partial charge >= 0.3 is 6.03 Å². The van der Waals surface area contributed by atoms with Gasteiger partial charge in [0.05, 0.1) is 6.54 Å². The lowest BCUT2D eigenvalue weighted by Gasteiger charge is -2.33. The molecule has 0 bridgehead atoms. The normalized spacial score (nSPS) is 24.3. The Morgan fingerprint density at radius 2 is 1.90 bits per heavy atom. The molecule has 0 atom stereocenters. The second kappa shape index (κ2) is 8.44. The number of amides is 4. The highest BCUT2D eigenvalue weighted by molar-refractivity contribution is 6.08. The van der Waals surface area contributed by atoms with Crippen LogP contribution in [0.4, 0.5) is 13.6 Å². The Hall–Kier alpha value is -2.55. The fourth-order valence-electron chi connectivity index (χ4n) is 3.87. The summed E-state index contributed by atoms with van der Waals surface area (Å²) in [6.45, 7) is 3.88. The average Bonchev–Trinajstić information content (AvgIpc) is 2.90. The van der Waals surface area contributed by atoms with E-state index in [9.17, 15) is 23.2 Å². The van der Waals surface area contributed by atoms with Crippen LogP contribution in [0.1, 0.15) is 45.1 Å². The molecule has 2 fully saturated rings. The molecule has 1 aliphatic heterocycles. The number of nitrogens with one attached hydrogen (secondary N) is 2. The van der Waals surface area contributed by atoms with Crippen LogP contribution < -0.4 is 10.7 Å². The van der Waals surface area contributed by atoms with Crippen LogP contribution in [0.15, 0.2) is 18.2 Å². The number of halogens is 2. The van der Waals surface area contributed by atoms with Gasteiger partial charge in [-0.25, -0.2) is 13.6 Å². The monoisotopic (exact) mass is 408 g/mol. The SMILES string of the molecule is CCN(CC(=O)NN1C(=O)NC2(CCC(C)CC2)C1=O)Cc1c(F)cccc1F. The fraction of sp³-hybridized carbons (Fsp3) is 0.550. The first-order valence-corrected chi connectivity index (χ1v) is 9.87. The van der Waals surface area contributed by atoms with Crippen LogP contribution in [0.3, 0.4) is 0 Å². The number of rotatable bonds is 6. The quantitative estimate of drug-likeness (QED) is 0.708. The smallest absolute Gasteiger partial charge is 0.322 e. The van der Waals surface area contributed by atoms with Gasteiger partial charge in [-0.1, -0.05) is 19.9 Å². The van der Waals surface area contributed by atoms with Crippen molar-refractivity contribution in [1.82, 2.24) is 20.7 Å². The summed E-state index contributed by atoms with van der Waals surface area (Å²) in [5.41, 5.74) is 1.27. The molecule has 1 saturated carbocycles. The van der Waals surface area contributed by atoms with Crippen LogP contribution in [0.2, 0.25) is 0 Å². The molecule has 2 N–H and O–H groups in total. The maximum Gasteiger partial charge on any atom is 0.344 e. The molecule has 0 aromatic heterocycles. The molecular formula is C20H26F2N4O3. The number of urea groups is 1. The summed E-state index contributed by atoms with van der Waals surface area (Å²) in [6, 6.07) is 2.94. The molecule has 3 rings (SSSR count). The Morgan fingerprint density at radius 3 is 2.48 bits per heavy atom. The third-order valence-corrected chi connectivity index (χ3v) is 5.78. The molecular weight excluding hydrogens is 382 g/mol. The van der Waals surface area contributed by atoms with Crippen molar-refractivity contribution in [2.45, 2.75) is 51.6 Å². The largest absolute Gasteiger partial charge is 0.344 e. The number of hydrazine groups is 1. The summed E-state index contributed by atoms with van der Waals surface area (Å²) in [6.07, 6.45) is 2.73. The van der Waals surface area contributed by atoms with Crippen molar-refractivity contribution in [2.75, 3.05) is 13.1 Å². The zero-order chi connectivity index (χ0) is 21.2. The van der Waals surface area contributed by atoms with Gasteiger partial charge in [0, 0.05) is 12.1 Å². The zero-order valence-corrected chi connectivity index (χ0v) is 16.6. The Balaban J connectivity index is 1.62. The number of likely N-dealkylation sites (N-methyl/N-ethyl adjacent to an activating group) is 1. The van der Waals surface area contributed by atoms with Gasteiger partial charge < -0.3 is 5.32 Å². The minimum Gasteiger partial charge on any atom is -0.322 e. The summed E-state index contributed by atoms with van der Waals surface area (Å²) in [4.78, 5) is 39.0. The Labute approximate surface area is 168 Å². The van der Waals surface area contributed by atoms with Crippen molar-refractivity contribution in [3.63, 3.8) is 0 Å². The van der Waals surface area contributed by atoms with E-state index < -0.39 is 35.0 Å². The molecule has 9 heteroatoms. The Kier molecular flexibility index (Phi) is 6.16. The van der Waals surface area contributed by atoms with E-state index in [0.717, 1.165) is 30.0 Å². The second-order valence-corrected chi connectivity index (χ2v) is 7.87. The number of carbonyl (C=O) groups excluding carboxylic acids is 3. The van der Waals surface area contributed by atoms with Crippen molar-refractivity contribution < 1.29 is 23.2 Å². The first-order chi connectivity index (χ1) is 13.8. The van der Waals surface area contributed by atoms with Gasteiger partial charge in [0.15, 0.2) is 0 Å². The molecule has 1 aromatic rings. The third-order valence-electron chi connectivity index (χ3n) is 5.78. The maximum atomic E-state index is 13.9. The number of hydrogen-bond acceptors (Lipinski definition) is 4. The maximum absolute atomic E-state index is 13.9. The van der Waals surface area contributed by atoms with Crippen LogP contribution in [0.25, 0.3) is 0 Å². The third kappa shape index (κ3) is 4.39. The molecule has 1 saturated heterocycles. The van der Waals surface area contributed by atoms with Crippen molar-refractivity contribution >= 4 is 17.8 Å². The lowest BCUT2D eigenvalue weighted by Crippen LogP contribution is -2.52. The average molecular weight is 408 g/mol. The molecule has 1 aromatic carbocycles. The molecule has 0 unspecified atom stereocenters. The van der Waals surface area contributed by atoms with Crippen LogP contribution >= 0.6 is 0 Å². The second-order valence-electron chi connectivity index (χ2n) is 7.87. The van der Waals surface area contributed by atoms with Crippen LogP contribution in [0, 0.1) is 17.6 Å².